The average molecular weight is 245 g/mol. The van der Waals surface area contributed by atoms with Crippen LogP contribution in [0.25, 0.3) is 11.0 Å². The summed E-state index contributed by atoms with van der Waals surface area (Å²) < 4.78 is 2.15. The SMILES string of the molecule is N[C@H]1CC[C@@H](c2nc3ccccc3n2CCO)C1. The van der Waals surface area contributed by atoms with Crippen LogP contribution in [-0.2, 0) is 6.54 Å². The average Bonchev–Trinajstić information content (AvgIpc) is 2.95. The van der Waals surface area contributed by atoms with Crippen LogP contribution >= 0.6 is 0 Å². The van der Waals surface area contributed by atoms with E-state index < -0.39 is 0 Å². The monoisotopic (exact) mass is 245 g/mol. The van der Waals surface area contributed by atoms with Crippen molar-refractivity contribution in [3.05, 3.63) is 30.1 Å². The summed E-state index contributed by atoms with van der Waals surface area (Å²) in [7, 11) is 0. The molecule has 2 aromatic rings. The van der Waals surface area contributed by atoms with Crippen LogP contribution < -0.4 is 5.73 Å². The second-order valence-corrected chi connectivity index (χ2v) is 5.10. The molecule has 0 saturated heterocycles. The molecule has 1 heterocycles. The van der Waals surface area contributed by atoms with E-state index >= 15 is 0 Å². The molecule has 96 valence electrons. The molecule has 4 heteroatoms. The third-order valence-corrected chi connectivity index (χ3v) is 3.85. The molecule has 1 aromatic heterocycles. The lowest BCUT2D eigenvalue weighted by Gasteiger charge is -2.12. The topological polar surface area (TPSA) is 64.1 Å². The van der Waals surface area contributed by atoms with E-state index in [-0.39, 0.29) is 6.61 Å². The Hall–Kier alpha value is -1.39. The van der Waals surface area contributed by atoms with Gasteiger partial charge in [0.05, 0.1) is 17.6 Å². The number of para-hydroxylation sites is 2. The van der Waals surface area contributed by atoms with E-state index in [4.69, 9.17) is 10.7 Å². The van der Waals surface area contributed by atoms with Crippen molar-refractivity contribution in [2.45, 2.75) is 37.8 Å². The second-order valence-electron chi connectivity index (χ2n) is 5.10. The highest BCUT2D eigenvalue weighted by molar-refractivity contribution is 5.76. The molecule has 0 aliphatic heterocycles. The zero-order valence-corrected chi connectivity index (χ0v) is 10.4. The molecule has 0 radical (unpaired) electrons. The summed E-state index contributed by atoms with van der Waals surface area (Å²) in [6.07, 6.45) is 3.19. The molecule has 18 heavy (non-hydrogen) atoms. The van der Waals surface area contributed by atoms with Crippen molar-refractivity contribution in [3.8, 4) is 0 Å². The molecule has 0 amide bonds. The lowest BCUT2D eigenvalue weighted by molar-refractivity contribution is 0.275. The number of hydrogen-bond acceptors (Lipinski definition) is 3. The largest absolute Gasteiger partial charge is 0.395 e. The Balaban J connectivity index is 2.06. The van der Waals surface area contributed by atoms with E-state index in [1.807, 2.05) is 18.2 Å². The van der Waals surface area contributed by atoms with Gasteiger partial charge >= 0.3 is 0 Å². The molecule has 1 fully saturated rings. The normalized spacial score (nSPS) is 23.9. The Labute approximate surface area is 106 Å². The standard InChI is InChI=1S/C14H19N3O/c15-11-6-5-10(9-11)14-16-12-3-1-2-4-13(12)17(14)7-8-18/h1-4,10-11,18H,5-9,15H2/t10-,11+/m1/s1. The minimum absolute atomic E-state index is 0.145. The van der Waals surface area contributed by atoms with Gasteiger partial charge in [-0.25, -0.2) is 4.98 Å². The molecule has 0 unspecified atom stereocenters. The number of hydrogen-bond donors (Lipinski definition) is 2. The Morgan fingerprint density at radius 1 is 1.33 bits per heavy atom. The van der Waals surface area contributed by atoms with Gasteiger partial charge < -0.3 is 15.4 Å². The predicted octanol–water partition coefficient (Wildman–Crippen LogP) is 1.62. The maximum absolute atomic E-state index is 9.24. The minimum Gasteiger partial charge on any atom is -0.395 e. The fourth-order valence-corrected chi connectivity index (χ4v) is 2.99. The van der Waals surface area contributed by atoms with Gasteiger partial charge in [0.1, 0.15) is 5.82 Å². The van der Waals surface area contributed by atoms with Crippen molar-refractivity contribution < 1.29 is 5.11 Å². The summed E-state index contributed by atoms with van der Waals surface area (Å²) in [5.74, 6) is 1.54. The van der Waals surface area contributed by atoms with Crippen LogP contribution in [0.3, 0.4) is 0 Å². The first-order valence-electron chi connectivity index (χ1n) is 6.61. The fourth-order valence-electron chi connectivity index (χ4n) is 2.99. The smallest absolute Gasteiger partial charge is 0.113 e. The van der Waals surface area contributed by atoms with Crippen LogP contribution in [0.5, 0.6) is 0 Å². The van der Waals surface area contributed by atoms with Crippen molar-refractivity contribution in [1.29, 1.82) is 0 Å². The van der Waals surface area contributed by atoms with Crippen molar-refractivity contribution in [2.75, 3.05) is 6.61 Å². The zero-order chi connectivity index (χ0) is 12.5. The Bertz CT molecular complexity index is 549. The minimum atomic E-state index is 0.145. The summed E-state index contributed by atoms with van der Waals surface area (Å²) >= 11 is 0. The molecule has 0 bridgehead atoms. The quantitative estimate of drug-likeness (QED) is 0.863. The number of aliphatic hydroxyl groups excluding tert-OH is 1. The number of nitrogens with zero attached hydrogens (tertiary/aromatic N) is 2. The molecule has 1 saturated carbocycles. The van der Waals surface area contributed by atoms with Gasteiger partial charge in [0, 0.05) is 18.5 Å². The van der Waals surface area contributed by atoms with Crippen LogP contribution in [0.2, 0.25) is 0 Å². The molecule has 3 N–H and O–H groups in total. The van der Waals surface area contributed by atoms with E-state index in [0.29, 0.717) is 18.5 Å². The second kappa shape index (κ2) is 4.71. The van der Waals surface area contributed by atoms with Crippen molar-refractivity contribution >= 4 is 11.0 Å². The Morgan fingerprint density at radius 3 is 2.89 bits per heavy atom. The van der Waals surface area contributed by atoms with Gasteiger partial charge in [-0.05, 0) is 31.4 Å². The molecule has 1 aliphatic rings. The number of rotatable bonds is 3. The van der Waals surface area contributed by atoms with Crippen molar-refractivity contribution in [3.63, 3.8) is 0 Å². The van der Waals surface area contributed by atoms with E-state index in [9.17, 15) is 5.11 Å². The van der Waals surface area contributed by atoms with Crippen LogP contribution in [0, 0.1) is 0 Å². The zero-order valence-electron chi connectivity index (χ0n) is 10.4. The predicted molar refractivity (Wildman–Crippen MR) is 71.4 cm³/mol. The molecule has 1 aromatic carbocycles. The van der Waals surface area contributed by atoms with Crippen LogP contribution in [0.15, 0.2) is 24.3 Å². The summed E-state index contributed by atoms with van der Waals surface area (Å²) in [4.78, 5) is 4.74. The van der Waals surface area contributed by atoms with Gasteiger partial charge in [-0.2, -0.15) is 0 Å². The third kappa shape index (κ3) is 1.91. The Kier molecular flexibility index (Phi) is 3.06. The van der Waals surface area contributed by atoms with Crippen LogP contribution in [0.4, 0.5) is 0 Å². The molecular weight excluding hydrogens is 226 g/mol. The third-order valence-electron chi connectivity index (χ3n) is 3.85. The highest BCUT2D eigenvalue weighted by Crippen LogP contribution is 2.34. The summed E-state index contributed by atoms with van der Waals surface area (Å²) in [6, 6.07) is 8.42. The molecule has 0 spiro atoms. The van der Waals surface area contributed by atoms with Gasteiger partial charge in [0.2, 0.25) is 0 Å². The number of benzene rings is 1. The molecule has 4 nitrogen and oxygen atoms in total. The van der Waals surface area contributed by atoms with Crippen LogP contribution in [0.1, 0.15) is 31.0 Å². The summed E-state index contributed by atoms with van der Waals surface area (Å²) in [5.41, 5.74) is 8.12. The first-order chi connectivity index (χ1) is 8.79. The van der Waals surface area contributed by atoms with Gasteiger partial charge in [0.25, 0.3) is 0 Å². The number of aromatic nitrogens is 2. The van der Waals surface area contributed by atoms with E-state index in [1.54, 1.807) is 0 Å². The highest BCUT2D eigenvalue weighted by atomic mass is 16.3. The van der Waals surface area contributed by atoms with Gasteiger partial charge in [0.15, 0.2) is 0 Å². The molecule has 1 aliphatic carbocycles. The lowest BCUT2D eigenvalue weighted by atomic mass is 10.1. The van der Waals surface area contributed by atoms with Gasteiger partial charge in [-0.1, -0.05) is 12.1 Å². The van der Waals surface area contributed by atoms with E-state index in [1.165, 1.54) is 0 Å². The first-order valence-corrected chi connectivity index (χ1v) is 6.61. The maximum atomic E-state index is 9.24. The lowest BCUT2D eigenvalue weighted by Crippen LogP contribution is -2.16. The first kappa shape index (κ1) is 11.7. The van der Waals surface area contributed by atoms with Crippen molar-refractivity contribution in [2.24, 2.45) is 5.73 Å². The van der Waals surface area contributed by atoms with Gasteiger partial charge in [-0.15, -0.1) is 0 Å². The maximum Gasteiger partial charge on any atom is 0.113 e. The molecular formula is C14H19N3O. The van der Waals surface area contributed by atoms with Gasteiger partial charge in [-0.3, -0.25) is 0 Å². The van der Waals surface area contributed by atoms with Crippen LogP contribution in [-0.4, -0.2) is 27.3 Å². The molecule has 3 rings (SSSR count). The number of imidazole rings is 1. The molecule has 2 atom stereocenters. The number of nitrogens with two attached hydrogens (primary N) is 1. The number of aliphatic hydroxyl groups is 1. The summed E-state index contributed by atoms with van der Waals surface area (Å²) in [5, 5.41) is 9.24. The van der Waals surface area contributed by atoms with E-state index in [2.05, 4.69) is 10.6 Å². The Morgan fingerprint density at radius 2 is 2.17 bits per heavy atom. The summed E-state index contributed by atoms with van der Waals surface area (Å²) in [6.45, 7) is 0.758. The number of fused-ring (bicyclic) bond motifs is 1. The van der Waals surface area contributed by atoms with Crippen molar-refractivity contribution in [1.82, 2.24) is 9.55 Å². The fraction of sp³-hybridized carbons (Fsp3) is 0.500. The highest BCUT2D eigenvalue weighted by Gasteiger charge is 2.27. The van der Waals surface area contributed by atoms with E-state index in [0.717, 1.165) is 36.1 Å².